The third-order valence-electron chi connectivity index (χ3n) is 6.25. The number of nitrogens with zero attached hydrogens (tertiary/aromatic N) is 1. The molecule has 0 aromatic carbocycles. The molecule has 1 aromatic rings. The lowest BCUT2D eigenvalue weighted by Gasteiger charge is -2.39. The van der Waals surface area contributed by atoms with Gasteiger partial charge in [0.2, 0.25) is 5.43 Å². The van der Waals surface area contributed by atoms with Crippen molar-refractivity contribution >= 4 is 19.3 Å². The van der Waals surface area contributed by atoms with Crippen molar-refractivity contribution in [1.82, 2.24) is 9.88 Å². The molecule has 10 nitrogen and oxygen atoms in total. The zero-order chi connectivity index (χ0) is 26.3. The molecule has 2 atom stereocenters. The minimum Gasteiger partial charge on any atom is -0.503 e. The van der Waals surface area contributed by atoms with E-state index in [-0.39, 0.29) is 31.0 Å². The van der Waals surface area contributed by atoms with Gasteiger partial charge in [-0.2, -0.15) is 0 Å². The Morgan fingerprint density at radius 3 is 2.54 bits per heavy atom. The summed E-state index contributed by atoms with van der Waals surface area (Å²) < 4.78 is 45.8. The normalized spacial score (nSPS) is 23.9. The summed E-state index contributed by atoms with van der Waals surface area (Å²) in [5.74, 6) is -3.17. The van der Waals surface area contributed by atoms with Gasteiger partial charge in [0.15, 0.2) is 11.5 Å². The smallest absolute Gasteiger partial charge is 0.327 e. The number of ketones is 1. The highest BCUT2D eigenvalue weighted by Gasteiger charge is 2.45. The largest absolute Gasteiger partial charge is 0.503 e. The van der Waals surface area contributed by atoms with Crippen LogP contribution in [0.2, 0.25) is 0 Å². The quantitative estimate of drug-likeness (QED) is 0.401. The molecule has 1 amide bonds. The van der Waals surface area contributed by atoms with Crippen LogP contribution >= 0.6 is 7.60 Å². The second-order valence-corrected chi connectivity index (χ2v) is 11.2. The molecule has 0 spiro atoms. The van der Waals surface area contributed by atoms with Crippen LogP contribution in [0, 0.1) is 5.41 Å². The first-order chi connectivity index (χ1) is 16.0. The number of nitrogens with one attached hydrogen (secondary N) is 1. The highest BCUT2D eigenvalue weighted by atomic mass is 31.2. The monoisotopic (exact) mass is 516 g/mol. The molecule has 192 valence electrons. The lowest BCUT2D eigenvalue weighted by atomic mass is 9.77. The first-order valence-electron chi connectivity index (χ1n) is 10.7. The Labute approximate surface area is 199 Å². The van der Waals surface area contributed by atoms with Gasteiger partial charge in [-0.15, -0.1) is 0 Å². The van der Waals surface area contributed by atoms with Crippen molar-refractivity contribution < 1.29 is 42.6 Å². The maximum atomic E-state index is 14.6. The van der Waals surface area contributed by atoms with E-state index in [0.717, 1.165) is 19.2 Å². The predicted molar refractivity (Wildman–Crippen MR) is 121 cm³/mol. The molecule has 4 N–H and O–H groups in total. The van der Waals surface area contributed by atoms with Crippen molar-refractivity contribution in [3.05, 3.63) is 51.2 Å². The fraction of sp³-hybridized carbons (Fsp3) is 0.500. The fourth-order valence-electron chi connectivity index (χ4n) is 4.00. The van der Waals surface area contributed by atoms with Crippen LogP contribution in [0.4, 0.5) is 8.78 Å². The van der Waals surface area contributed by atoms with E-state index < -0.39 is 71.6 Å². The summed E-state index contributed by atoms with van der Waals surface area (Å²) >= 11 is 0. The summed E-state index contributed by atoms with van der Waals surface area (Å²) in [6.45, 7) is 3.42. The molecular weight excluding hydrogens is 489 g/mol. The number of rotatable bonds is 7. The Kier molecular flexibility index (Phi) is 7.25. The summed E-state index contributed by atoms with van der Waals surface area (Å²) in [4.78, 5) is 56.5. The molecule has 1 aliphatic heterocycles. The van der Waals surface area contributed by atoms with E-state index in [1.54, 1.807) is 0 Å². The molecule has 3 rings (SSSR count). The molecule has 0 fully saturated rings. The Balaban J connectivity index is 1.87. The van der Waals surface area contributed by atoms with Crippen molar-refractivity contribution in [2.24, 2.45) is 5.41 Å². The van der Waals surface area contributed by atoms with E-state index in [1.807, 2.05) is 0 Å². The number of halogens is 2. The number of aromatic hydroxyl groups is 1. The van der Waals surface area contributed by atoms with Crippen LogP contribution in [-0.2, 0) is 15.8 Å². The maximum absolute atomic E-state index is 14.6. The van der Waals surface area contributed by atoms with Gasteiger partial charge in [0, 0.05) is 19.2 Å². The van der Waals surface area contributed by atoms with Crippen LogP contribution in [0.3, 0.4) is 0 Å². The van der Waals surface area contributed by atoms with E-state index in [9.17, 15) is 32.8 Å². The van der Waals surface area contributed by atoms with Gasteiger partial charge < -0.3 is 29.5 Å². The number of allylic oxidation sites excluding steroid dienone is 3. The summed E-state index contributed by atoms with van der Waals surface area (Å²) in [6.07, 6.45) is 1.43. The number of carbonyl (C=O) groups is 2. The number of hydrogen-bond donors (Lipinski definition) is 4. The number of hydrogen-bond acceptors (Lipinski definition) is 6. The topological polar surface area (TPSA) is 155 Å². The van der Waals surface area contributed by atoms with Crippen LogP contribution in [0.1, 0.15) is 48.0 Å². The SMILES string of the molecule is CC1(F)CC(F)=CC=C1CNC(=O)c1cn2c(c(O)c1=O)C(=O)C(C)(C)C(OCCP(=O)(O)O)C2. The van der Waals surface area contributed by atoms with Gasteiger partial charge in [-0.25, -0.2) is 8.78 Å². The van der Waals surface area contributed by atoms with Crippen molar-refractivity contribution in [2.45, 2.75) is 45.5 Å². The average molecular weight is 516 g/mol. The minimum atomic E-state index is -4.33. The first kappa shape index (κ1) is 26.9. The Morgan fingerprint density at radius 2 is 1.94 bits per heavy atom. The molecule has 0 saturated heterocycles. The van der Waals surface area contributed by atoms with Crippen molar-refractivity contribution in [3.63, 3.8) is 0 Å². The molecule has 2 aliphatic rings. The molecule has 35 heavy (non-hydrogen) atoms. The van der Waals surface area contributed by atoms with Gasteiger partial charge in [0.1, 0.15) is 22.8 Å². The summed E-state index contributed by atoms with van der Waals surface area (Å²) in [5, 5.41) is 12.9. The molecule has 2 heterocycles. The molecule has 1 aromatic heterocycles. The lowest BCUT2D eigenvalue weighted by Crippen LogP contribution is -2.49. The summed E-state index contributed by atoms with van der Waals surface area (Å²) in [7, 11) is -4.33. The minimum absolute atomic E-state index is 0.0879. The number of ether oxygens (including phenoxy) is 1. The second-order valence-electron chi connectivity index (χ2n) is 9.38. The molecule has 0 bridgehead atoms. The number of Topliss-reactive ketones (excluding diaryl/α,β-unsaturated/α-hetero) is 1. The van der Waals surface area contributed by atoms with Crippen LogP contribution < -0.4 is 10.7 Å². The van der Waals surface area contributed by atoms with Crippen LogP contribution in [0.5, 0.6) is 5.75 Å². The Bertz CT molecular complexity index is 1230. The van der Waals surface area contributed by atoms with Crippen molar-refractivity contribution in [2.75, 3.05) is 19.3 Å². The van der Waals surface area contributed by atoms with Gasteiger partial charge in [0.25, 0.3) is 5.91 Å². The van der Waals surface area contributed by atoms with Crippen LogP contribution in [-0.4, -0.2) is 62.2 Å². The Morgan fingerprint density at radius 1 is 1.29 bits per heavy atom. The summed E-state index contributed by atoms with van der Waals surface area (Å²) in [6, 6.07) is 0. The molecule has 0 saturated carbocycles. The zero-order valence-corrected chi connectivity index (χ0v) is 20.3. The van der Waals surface area contributed by atoms with Crippen LogP contribution in [0.25, 0.3) is 0 Å². The third-order valence-corrected chi connectivity index (χ3v) is 7.01. The number of alkyl halides is 1. The standard InChI is InChI=1S/C22H27F2N2O8P/c1-21(2)15(34-6-7-35(31,32)33)11-26-10-14(17(27)18(28)16(26)19(21)29)20(30)25-9-12-4-5-13(23)8-22(12,3)24/h4-5,10,15,28H,6-9,11H2,1-3H3,(H,25,30)(H2,31,32,33). The number of carbonyl (C=O) groups excluding carboxylic acids is 2. The van der Waals surface area contributed by atoms with E-state index in [1.165, 1.54) is 24.5 Å². The molecule has 1 aliphatic carbocycles. The second kappa shape index (κ2) is 9.42. The van der Waals surface area contributed by atoms with E-state index in [2.05, 4.69) is 5.32 Å². The first-order valence-corrected chi connectivity index (χ1v) is 12.5. The predicted octanol–water partition coefficient (Wildman–Crippen LogP) is 1.98. The van der Waals surface area contributed by atoms with E-state index in [0.29, 0.717) is 0 Å². The van der Waals surface area contributed by atoms with E-state index in [4.69, 9.17) is 14.5 Å². The van der Waals surface area contributed by atoms with Gasteiger partial charge in [-0.3, -0.25) is 18.9 Å². The number of fused-ring (bicyclic) bond motifs is 1. The fourth-order valence-corrected chi connectivity index (χ4v) is 4.34. The third kappa shape index (κ3) is 5.61. The Hall–Kier alpha value is -2.66. The van der Waals surface area contributed by atoms with Gasteiger partial charge in [0.05, 0.1) is 30.8 Å². The zero-order valence-electron chi connectivity index (χ0n) is 19.4. The number of amides is 1. The number of aromatic nitrogens is 1. The van der Waals surface area contributed by atoms with Gasteiger partial charge in [-0.1, -0.05) is 6.08 Å². The highest BCUT2D eigenvalue weighted by Crippen LogP contribution is 2.38. The van der Waals surface area contributed by atoms with Crippen LogP contribution in [0.15, 0.2) is 34.5 Å². The van der Waals surface area contributed by atoms with Gasteiger partial charge in [-0.05, 0) is 32.4 Å². The highest BCUT2D eigenvalue weighted by molar-refractivity contribution is 7.51. The van der Waals surface area contributed by atoms with E-state index >= 15 is 0 Å². The summed E-state index contributed by atoms with van der Waals surface area (Å²) in [5.41, 5.74) is -5.11. The molecule has 0 radical (unpaired) electrons. The van der Waals surface area contributed by atoms with Gasteiger partial charge >= 0.3 is 7.60 Å². The number of pyridine rings is 1. The van der Waals surface area contributed by atoms with Crippen molar-refractivity contribution in [3.8, 4) is 5.75 Å². The molecular formula is C22H27F2N2O8P. The lowest BCUT2D eigenvalue weighted by molar-refractivity contribution is -0.0278. The molecule has 13 heteroatoms. The van der Waals surface area contributed by atoms with Crippen molar-refractivity contribution in [1.29, 1.82) is 0 Å². The maximum Gasteiger partial charge on any atom is 0.327 e. The molecule has 2 unspecified atom stereocenters. The average Bonchev–Trinajstić information content (AvgIpc) is 2.71.